The third-order valence-electron chi connectivity index (χ3n) is 6.59. The van der Waals surface area contributed by atoms with Crippen LogP contribution in [0.5, 0.6) is 5.75 Å². The van der Waals surface area contributed by atoms with Crippen molar-refractivity contribution in [1.82, 2.24) is 5.43 Å². The number of halogens is 1. The average Bonchev–Trinajstić information content (AvgIpc) is 2.87. The van der Waals surface area contributed by atoms with Crippen LogP contribution in [0.3, 0.4) is 0 Å². The third kappa shape index (κ3) is 8.85. The van der Waals surface area contributed by atoms with Crippen LogP contribution in [0, 0.1) is 6.92 Å². The lowest BCUT2D eigenvalue weighted by Crippen LogP contribution is -2.39. The number of ether oxygens (including phenoxy) is 1. The van der Waals surface area contributed by atoms with Gasteiger partial charge in [0.25, 0.3) is 15.9 Å². The number of methoxy groups -OCH3 is 1. The molecule has 2 aromatic carbocycles. The Balaban J connectivity index is 1.79. The normalized spacial score (nSPS) is 15.7. The summed E-state index contributed by atoms with van der Waals surface area (Å²) in [6.07, 6.45) is 12.6. The van der Waals surface area contributed by atoms with E-state index in [0.717, 1.165) is 41.3 Å². The highest BCUT2D eigenvalue weighted by atomic mass is 79.9. The summed E-state index contributed by atoms with van der Waals surface area (Å²) >= 11 is 3.36. The van der Waals surface area contributed by atoms with E-state index in [0.29, 0.717) is 15.9 Å². The maximum absolute atomic E-state index is 13.7. The summed E-state index contributed by atoms with van der Waals surface area (Å²) in [6, 6.07) is 11.6. The van der Waals surface area contributed by atoms with Crippen molar-refractivity contribution in [3.63, 3.8) is 0 Å². The third-order valence-corrected chi connectivity index (χ3v) is 8.98. The molecule has 0 bridgehead atoms. The van der Waals surface area contributed by atoms with Gasteiger partial charge in [-0.3, -0.25) is 9.10 Å². The molecule has 1 aliphatic carbocycles. The Labute approximate surface area is 229 Å². The minimum atomic E-state index is -4.04. The number of aryl methyl sites for hydroxylation is 1. The summed E-state index contributed by atoms with van der Waals surface area (Å²) in [7, 11) is -2.53. The molecule has 0 radical (unpaired) electrons. The second kappa shape index (κ2) is 14.5. The second-order valence-corrected chi connectivity index (χ2v) is 12.3. The Bertz CT molecular complexity index is 1150. The molecule has 0 spiro atoms. The Morgan fingerprint density at radius 2 is 1.51 bits per heavy atom. The fraction of sp³-hybridized carbons (Fsp3) is 0.500. The fourth-order valence-corrected chi connectivity index (χ4v) is 6.54. The van der Waals surface area contributed by atoms with Gasteiger partial charge in [0.05, 0.1) is 22.2 Å². The van der Waals surface area contributed by atoms with Crippen LogP contribution in [-0.4, -0.2) is 33.7 Å². The van der Waals surface area contributed by atoms with Gasteiger partial charge in [0.15, 0.2) is 0 Å². The monoisotopic (exact) mass is 591 g/mol. The summed E-state index contributed by atoms with van der Waals surface area (Å²) in [5.74, 6) is 0.0433. The standard InChI is InChI=1S/C28H38BrN3O4S/c1-22-14-16-24(17-15-22)32(37(34,35)25-18-19-27(36-2)26(29)20-25)21-28(33)31-30-23-12-10-8-6-4-3-5-7-9-11-13-23/h14-20H,3-13,21H2,1-2H3,(H,31,33). The topological polar surface area (TPSA) is 88.1 Å². The molecule has 0 aromatic heterocycles. The second-order valence-electron chi connectivity index (χ2n) is 9.54. The molecule has 1 amide bonds. The van der Waals surface area contributed by atoms with Crippen LogP contribution in [0.2, 0.25) is 0 Å². The largest absolute Gasteiger partial charge is 0.496 e. The molecule has 0 aliphatic heterocycles. The zero-order valence-corrected chi connectivity index (χ0v) is 24.2. The van der Waals surface area contributed by atoms with Gasteiger partial charge < -0.3 is 4.74 Å². The van der Waals surface area contributed by atoms with Crippen molar-refractivity contribution >= 4 is 43.3 Å². The molecule has 37 heavy (non-hydrogen) atoms. The number of carbonyl (C=O) groups is 1. The molecular weight excluding hydrogens is 554 g/mol. The molecule has 0 unspecified atom stereocenters. The van der Waals surface area contributed by atoms with E-state index >= 15 is 0 Å². The molecule has 202 valence electrons. The van der Waals surface area contributed by atoms with Gasteiger partial charge in [0, 0.05) is 5.71 Å². The molecule has 1 N–H and O–H groups in total. The zero-order chi connectivity index (χ0) is 26.7. The molecule has 2 aromatic rings. The number of nitrogens with zero attached hydrogens (tertiary/aromatic N) is 2. The Morgan fingerprint density at radius 1 is 0.946 bits per heavy atom. The van der Waals surface area contributed by atoms with E-state index < -0.39 is 15.9 Å². The van der Waals surface area contributed by atoms with Crippen molar-refractivity contribution in [2.24, 2.45) is 5.10 Å². The van der Waals surface area contributed by atoms with Gasteiger partial charge in [0.1, 0.15) is 12.3 Å². The molecule has 3 rings (SSSR count). The number of nitrogens with one attached hydrogen (secondary N) is 1. The fourth-order valence-electron chi connectivity index (χ4n) is 4.40. The van der Waals surface area contributed by atoms with Gasteiger partial charge in [0.2, 0.25) is 0 Å². The molecule has 7 nitrogen and oxygen atoms in total. The molecule has 0 atom stereocenters. The van der Waals surface area contributed by atoms with Crippen molar-refractivity contribution in [2.75, 3.05) is 18.0 Å². The van der Waals surface area contributed by atoms with E-state index in [1.54, 1.807) is 18.2 Å². The van der Waals surface area contributed by atoms with Gasteiger partial charge in [-0.1, -0.05) is 62.6 Å². The van der Waals surface area contributed by atoms with Crippen LogP contribution in [0.15, 0.2) is 56.9 Å². The first-order valence-electron chi connectivity index (χ1n) is 13.1. The first-order valence-corrected chi connectivity index (χ1v) is 15.3. The van der Waals surface area contributed by atoms with Crippen molar-refractivity contribution < 1.29 is 17.9 Å². The lowest BCUT2D eigenvalue weighted by atomic mass is 10.00. The molecule has 0 heterocycles. The van der Waals surface area contributed by atoms with E-state index in [9.17, 15) is 13.2 Å². The SMILES string of the molecule is COc1ccc(S(=O)(=O)N(CC(=O)NN=C2CCCCCCCCCCC2)c2ccc(C)cc2)cc1Br. The van der Waals surface area contributed by atoms with Crippen molar-refractivity contribution in [3.8, 4) is 5.75 Å². The number of hydrazone groups is 1. The molecule has 1 saturated carbocycles. The highest BCUT2D eigenvalue weighted by Crippen LogP contribution is 2.30. The number of amides is 1. The number of benzene rings is 2. The molecule has 0 saturated heterocycles. The smallest absolute Gasteiger partial charge is 0.264 e. The minimum Gasteiger partial charge on any atom is -0.496 e. The van der Waals surface area contributed by atoms with Crippen LogP contribution >= 0.6 is 15.9 Å². The number of hydrogen-bond acceptors (Lipinski definition) is 5. The molecule has 1 aliphatic rings. The molecular formula is C28H38BrN3O4S. The summed E-state index contributed by atoms with van der Waals surface area (Å²) in [6.45, 7) is 1.54. The number of rotatable bonds is 7. The highest BCUT2D eigenvalue weighted by molar-refractivity contribution is 9.10. The van der Waals surface area contributed by atoms with Gasteiger partial charge in [-0.2, -0.15) is 5.10 Å². The maximum atomic E-state index is 13.7. The quantitative estimate of drug-likeness (QED) is 0.361. The van der Waals surface area contributed by atoms with E-state index in [-0.39, 0.29) is 11.4 Å². The van der Waals surface area contributed by atoms with Crippen LogP contribution in [0.1, 0.15) is 76.2 Å². The zero-order valence-electron chi connectivity index (χ0n) is 21.8. The predicted molar refractivity (Wildman–Crippen MR) is 153 cm³/mol. The summed E-state index contributed by atoms with van der Waals surface area (Å²) < 4.78 is 34.2. The van der Waals surface area contributed by atoms with Gasteiger partial charge in [-0.25, -0.2) is 13.8 Å². The van der Waals surface area contributed by atoms with Crippen LogP contribution < -0.4 is 14.5 Å². The van der Waals surface area contributed by atoms with Crippen molar-refractivity contribution in [2.45, 2.75) is 82.4 Å². The van der Waals surface area contributed by atoms with Crippen LogP contribution in [0.4, 0.5) is 5.69 Å². The lowest BCUT2D eigenvalue weighted by molar-refractivity contribution is -0.119. The number of sulfonamides is 1. The van der Waals surface area contributed by atoms with Crippen LogP contribution in [-0.2, 0) is 14.8 Å². The van der Waals surface area contributed by atoms with E-state index in [4.69, 9.17) is 4.74 Å². The number of hydrogen-bond donors (Lipinski definition) is 1. The highest BCUT2D eigenvalue weighted by Gasteiger charge is 2.28. The van der Waals surface area contributed by atoms with Crippen LogP contribution in [0.25, 0.3) is 0 Å². The van der Waals surface area contributed by atoms with Gasteiger partial charge in [-0.15, -0.1) is 0 Å². The Kier molecular flexibility index (Phi) is 11.4. The molecule has 9 heteroatoms. The maximum Gasteiger partial charge on any atom is 0.264 e. The summed E-state index contributed by atoms with van der Waals surface area (Å²) in [4.78, 5) is 13.1. The Hall–Kier alpha value is -2.39. The van der Waals surface area contributed by atoms with E-state index in [1.165, 1.54) is 64.2 Å². The van der Waals surface area contributed by atoms with Gasteiger partial charge >= 0.3 is 0 Å². The first-order chi connectivity index (χ1) is 17.8. The van der Waals surface area contributed by atoms with E-state index in [2.05, 4.69) is 26.5 Å². The first kappa shape index (κ1) is 29.2. The van der Waals surface area contributed by atoms with Crippen molar-refractivity contribution in [3.05, 3.63) is 52.5 Å². The van der Waals surface area contributed by atoms with Gasteiger partial charge in [-0.05, 0) is 78.9 Å². The number of anilines is 1. The Morgan fingerprint density at radius 3 is 2.05 bits per heavy atom. The minimum absolute atomic E-state index is 0.0548. The summed E-state index contributed by atoms with van der Waals surface area (Å²) in [5, 5.41) is 4.44. The lowest BCUT2D eigenvalue weighted by Gasteiger charge is -2.24. The average molecular weight is 593 g/mol. The van der Waals surface area contributed by atoms with Crippen molar-refractivity contribution in [1.29, 1.82) is 0 Å². The molecule has 1 fully saturated rings. The predicted octanol–water partition coefficient (Wildman–Crippen LogP) is 6.74. The number of carbonyl (C=O) groups excluding carboxylic acids is 1. The summed E-state index contributed by atoms with van der Waals surface area (Å²) in [5.41, 5.74) is 5.03. The van der Waals surface area contributed by atoms with E-state index in [1.807, 2.05) is 19.1 Å².